The summed E-state index contributed by atoms with van der Waals surface area (Å²) < 4.78 is 15.0. The van der Waals surface area contributed by atoms with Crippen LogP contribution in [-0.2, 0) is 5.67 Å². The summed E-state index contributed by atoms with van der Waals surface area (Å²) in [6.45, 7) is 0. The molecule has 0 amide bonds. The van der Waals surface area contributed by atoms with E-state index in [1.54, 1.807) is 24.3 Å². The predicted octanol–water partition coefficient (Wildman–Crippen LogP) is 4.42. The van der Waals surface area contributed by atoms with Crippen molar-refractivity contribution in [1.29, 1.82) is 0 Å². The van der Waals surface area contributed by atoms with E-state index in [1.165, 1.54) is 0 Å². The van der Waals surface area contributed by atoms with Crippen LogP contribution in [0.4, 0.5) is 4.39 Å². The van der Waals surface area contributed by atoms with Crippen LogP contribution in [0.2, 0.25) is 0 Å². The molecule has 1 aliphatic carbocycles. The van der Waals surface area contributed by atoms with Crippen molar-refractivity contribution in [2.45, 2.75) is 18.0 Å². The lowest BCUT2D eigenvalue weighted by Gasteiger charge is -2.11. The van der Waals surface area contributed by atoms with E-state index in [0.29, 0.717) is 12.0 Å². The van der Waals surface area contributed by atoms with Crippen LogP contribution in [0.3, 0.4) is 0 Å². The summed E-state index contributed by atoms with van der Waals surface area (Å²) in [6, 6.07) is 16.2. The molecule has 0 heterocycles. The molecular formula is C16H12ClFO. The fourth-order valence-corrected chi connectivity index (χ4v) is 2.78. The Morgan fingerprint density at radius 3 is 2.42 bits per heavy atom. The molecule has 19 heavy (non-hydrogen) atoms. The van der Waals surface area contributed by atoms with E-state index in [0.717, 1.165) is 5.56 Å². The Balaban J connectivity index is 1.99. The lowest BCUT2D eigenvalue weighted by atomic mass is 9.98. The van der Waals surface area contributed by atoms with Crippen molar-refractivity contribution in [2.24, 2.45) is 0 Å². The molecule has 3 heteroatoms. The average molecular weight is 275 g/mol. The molecule has 0 radical (unpaired) electrons. The Labute approximate surface area is 116 Å². The highest BCUT2D eigenvalue weighted by Crippen LogP contribution is 2.62. The summed E-state index contributed by atoms with van der Waals surface area (Å²) in [5.74, 6) is -0.189. The standard InChI is InChI=1S/C16H12ClFO/c17-15(19)12-8-4-5-9-13(12)16(18)10-14(16)11-6-2-1-3-7-11/h1-9,14H,10H2. The van der Waals surface area contributed by atoms with Gasteiger partial charge in [-0.25, -0.2) is 4.39 Å². The van der Waals surface area contributed by atoms with Gasteiger partial charge >= 0.3 is 0 Å². The van der Waals surface area contributed by atoms with Gasteiger partial charge in [-0.1, -0.05) is 48.5 Å². The maximum absolute atomic E-state index is 15.0. The van der Waals surface area contributed by atoms with Gasteiger partial charge in [0.1, 0.15) is 5.67 Å². The number of rotatable bonds is 3. The molecular weight excluding hydrogens is 263 g/mol. The van der Waals surface area contributed by atoms with Crippen LogP contribution in [0.15, 0.2) is 54.6 Å². The molecule has 0 bridgehead atoms. The summed E-state index contributed by atoms with van der Waals surface area (Å²) in [6.07, 6.45) is 0.401. The molecule has 1 aliphatic rings. The predicted molar refractivity (Wildman–Crippen MR) is 73.2 cm³/mol. The van der Waals surface area contributed by atoms with Gasteiger partial charge in [0.25, 0.3) is 5.24 Å². The minimum Gasteiger partial charge on any atom is -0.276 e. The van der Waals surface area contributed by atoms with E-state index in [9.17, 15) is 9.18 Å². The van der Waals surface area contributed by atoms with Crippen molar-refractivity contribution in [2.75, 3.05) is 0 Å². The smallest absolute Gasteiger partial charge is 0.252 e. The molecule has 0 saturated heterocycles. The van der Waals surface area contributed by atoms with Gasteiger partial charge in [-0.3, -0.25) is 4.79 Å². The van der Waals surface area contributed by atoms with E-state index in [1.807, 2.05) is 30.3 Å². The fourth-order valence-electron chi connectivity index (χ4n) is 2.62. The van der Waals surface area contributed by atoms with Crippen LogP contribution in [0.5, 0.6) is 0 Å². The molecule has 1 saturated carbocycles. The number of halogens is 2. The Morgan fingerprint density at radius 2 is 1.74 bits per heavy atom. The van der Waals surface area contributed by atoms with Crippen molar-refractivity contribution in [3.05, 3.63) is 71.3 Å². The van der Waals surface area contributed by atoms with Crippen LogP contribution in [0.25, 0.3) is 0 Å². The minimum absolute atomic E-state index is 0.189. The van der Waals surface area contributed by atoms with E-state index >= 15 is 0 Å². The zero-order valence-corrected chi connectivity index (χ0v) is 10.9. The first-order chi connectivity index (χ1) is 9.13. The van der Waals surface area contributed by atoms with Crippen LogP contribution < -0.4 is 0 Å². The van der Waals surface area contributed by atoms with Crippen molar-refractivity contribution in [3.8, 4) is 0 Å². The van der Waals surface area contributed by atoms with Crippen molar-refractivity contribution in [3.63, 3.8) is 0 Å². The quantitative estimate of drug-likeness (QED) is 0.757. The number of benzene rings is 2. The monoisotopic (exact) mass is 274 g/mol. The van der Waals surface area contributed by atoms with Gasteiger partial charge in [-0.05, 0) is 29.7 Å². The Kier molecular flexibility index (Phi) is 2.90. The van der Waals surface area contributed by atoms with Crippen molar-refractivity contribution >= 4 is 16.8 Å². The first-order valence-corrected chi connectivity index (χ1v) is 6.54. The molecule has 96 valence electrons. The molecule has 3 rings (SSSR count). The van der Waals surface area contributed by atoms with Crippen molar-refractivity contribution < 1.29 is 9.18 Å². The van der Waals surface area contributed by atoms with Crippen LogP contribution >= 0.6 is 11.6 Å². The largest absolute Gasteiger partial charge is 0.276 e. The maximum atomic E-state index is 15.0. The van der Waals surface area contributed by atoms with E-state index in [-0.39, 0.29) is 11.5 Å². The minimum atomic E-state index is -1.47. The highest BCUT2D eigenvalue weighted by Gasteiger charge is 2.58. The summed E-state index contributed by atoms with van der Waals surface area (Å²) in [7, 11) is 0. The summed E-state index contributed by atoms with van der Waals surface area (Å²) in [4.78, 5) is 11.4. The lowest BCUT2D eigenvalue weighted by Crippen LogP contribution is -2.08. The van der Waals surface area contributed by atoms with Crippen LogP contribution in [0.1, 0.15) is 33.8 Å². The third-order valence-electron chi connectivity index (χ3n) is 3.68. The third-order valence-corrected chi connectivity index (χ3v) is 3.89. The zero-order valence-electron chi connectivity index (χ0n) is 10.1. The number of hydrogen-bond acceptors (Lipinski definition) is 1. The number of carbonyl (C=O) groups is 1. The SMILES string of the molecule is O=C(Cl)c1ccccc1C1(F)CC1c1ccccc1. The van der Waals surface area contributed by atoms with Crippen LogP contribution in [0, 0.1) is 0 Å². The van der Waals surface area contributed by atoms with Gasteiger partial charge in [-0.15, -0.1) is 0 Å². The second-order valence-corrected chi connectivity index (χ2v) is 5.19. The van der Waals surface area contributed by atoms with Gasteiger partial charge in [0, 0.05) is 17.0 Å². The first kappa shape index (κ1) is 12.4. The van der Waals surface area contributed by atoms with Gasteiger partial charge in [0.05, 0.1) is 0 Å². The topological polar surface area (TPSA) is 17.1 Å². The van der Waals surface area contributed by atoms with Crippen molar-refractivity contribution in [1.82, 2.24) is 0 Å². The fraction of sp³-hybridized carbons (Fsp3) is 0.188. The average Bonchev–Trinajstić information content (AvgIpc) is 3.13. The van der Waals surface area contributed by atoms with E-state index in [2.05, 4.69) is 0 Å². The molecule has 2 aromatic carbocycles. The lowest BCUT2D eigenvalue weighted by molar-refractivity contribution is 0.107. The molecule has 0 aliphatic heterocycles. The normalized spacial score (nSPS) is 25.1. The van der Waals surface area contributed by atoms with Gasteiger partial charge in [0.2, 0.25) is 0 Å². The highest BCUT2D eigenvalue weighted by atomic mass is 35.5. The number of alkyl halides is 1. The number of hydrogen-bond donors (Lipinski definition) is 0. The molecule has 0 aromatic heterocycles. The second kappa shape index (κ2) is 4.46. The maximum Gasteiger partial charge on any atom is 0.252 e. The summed E-state index contributed by atoms with van der Waals surface area (Å²) in [5, 5.41) is -0.605. The molecule has 0 N–H and O–H groups in total. The second-order valence-electron chi connectivity index (χ2n) is 4.85. The zero-order chi connectivity index (χ0) is 13.5. The molecule has 2 aromatic rings. The Hall–Kier alpha value is -1.67. The van der Waals surface area contributed by atoms with Gasteiger partial charge in [0.15, 0.2) is 0 Å². The van der Waals surface area contributed by atoms with Crippen LogP contribution in [-0.4, -0.2) is 5.24 Å². The molecule has 1 nitrogen and oxygen atoms in total. The third kappa shape index (κ3) is 2.06. The summed E-state index contributed by atoms with van der Waals surface area (Å²) in [5.41, 5.74) is 0.165. The van der Waals surface area contributed by atoms with E-state index in [4.69, 9.17) is 11.6 Å². The molecule has 0 spiro atoms. The van der Waals surface area contributed by atoms with Gasteiger partial charge < -0.3 is 0 Å². The molecule has 1 fully saturated rings. The van der Waals surface area contributed by atoms with E-state index < -0.39 is 10.9 Å². The Morgan fingerprint density at radius 1 is 1.11 bits per heavy atom. The summed E-state index contributed by atoms with van der Waals surface area (Å²) >= 11 is 5.53. The number of carbonyl (C=O) groups excluding carboxylic acids is 1. The highest BCUT2D eigenvalue weighted by molar-refractivity contribution is 6.67. The Bertz CT molecular complexity index is 626. The molecule has 2 atom stereocenters. The van der Waals surface area contributed by atoms with Gasteiger partial charge in [-0.2, -0.15) is 0 Å². The molecule has 2 unspecified atom stereocenters. The first-order valence-electron chi connectivity index (χ1n) is 6.16.